The van der Waals surface area contributed by atoms with Crippen LogP contribution in [0.4, 0.5) is 10.1 Å². The van der Waals surface area contributed by atoms with Crippen LogP contribution in [0.2, 0.25) is 0 Å². The maximum atomic E-state index is 13.6. The molecule has 0 aliphatic rings. The summed E-state index contributed by atoms with van der Waals surface area (Å²) in [7, 11) is 0. The summed E-state index contributed by atoms with van der Waals surface area (Å²) >= 11 is 6.26. The molecule has 2 aromatic rings. The molecule has 0 atom stereocenters. The standard InChI is InChI=1S/C14H8Br2FNO3/c15-7-1-4-12(17)10(5-7)13(19)18-8-2-3-11(16)9(6-8)14(20)21/h1-6H,(H,18,19)(H,20,21). The van der Waals surface area contributed by atoms with Crippen LogP contribution in [-0.4, -0.2) is 17.0 Å². The minimum absolute atomic E-state index is 0.00233. The smallest absolute Gasteiger partial charge is 0.336 e. The molecule has 0 unspecified atom stereocenters. The molecular weight excluding hydrogens is 409 g/mol. The zero-order valence-electron chi connectivity index (χ0n) is 10.4. The average molecular weight is 417 g/mol. The molecule has 7 heteroatoms. The first-order chi connectivity index (χ1) is 9.88. The quantitative estimate of drug-likeness (QED) is 0.783. The summed E-state index contributed by atoms with van der Waals surface area (Å²) in [6.45, 7) is 0. The Kier molecular flexibility index (Phi) is 4.74. The molecule has 0 saturated heterocycles. The third kappa shape index (κ3) is 3.68. The number of carbonyl (C=O) groups is 2. The first kappa shape index (κ1) is 15.7. The van der Waals surface area contributed by atoms with E-state index in [2.05, 4.69) is 37.2 Å². The van der Waals surface area contributed by atoms with Gasteiger partial charge in [0.1, 0.15) is 5.82 Å². The maximum absolute atomic E-state index is 13.6. The lowest BCUT2D eigenvalue weighted by molar-refractivity contribution is 0.0695. The second-order valence-electron chi connectivity index (χ2n) is 4.08. The van der Waals surface area contributed by atoms with E-state index in [4.69, 9.17) is 5.11 Å². The SMILES string of the molecule is O=C(Nc1ccc(Br)c(C(=O)O)c1)c1cc(Br)ccc1F. The Morgan fingerprint density at radius 1 is 1.05 bits per heavy atom. The van der Waals surface area contributed by atoms with Crippen molar-refractivity contribution in [1.82, 2.24) is 0 Å². The van der Waals surface area contributed by atoms with E-state index in [9.17, 15) is 14.0 Å². The Labute approximate surface area is 136 Å². The van der Waals surface area contributed by atoms with Crippen LogP contribution in [-0.2, 0) is 0 Å². The van der Waals surface area contributed by atoms with Gasteiger partial charge in [-0.15, -0.1) is 0 Å². The predicted molar refractivity (Wildman–Crippen MR) is 83.2 cm³/mol. The highest BCUT2D eigenvalue weighted by atomic mass is 79.9. The third-order valence-electron chi connectivity index (χ3n) is 2.63. The van der Waals surface area contributed by atoms with Crippen molar-refractivity contribution >= 4 is 49.4 Å². The van der Waals surface area contributed by atoms with E-state index in [1.165, 1.54) is 36.4 Å². The van der Waals surface area contributed by atoms with Gasteiger partial charge in [0.05, 0.1) is 11.1 Å². The van der Waals surface area contributed by atoms with E-state index >= 15 is 0 Å². The number of amides is 1. The first-order valence-electron chi connectivity index (χ1n) is 5.67. The number of benzene rings is 2. The first-order valence-corrected chi connectivity index (χ1v) is 7.26. The van der Waals surface area contributed by atoms with Crippen LogP contribution < -0.4 is 5.32 Å². The number of carbonyl (C=O) groups excluding carboxylic acids is 1. The molecule has 0 spiro atoms. The van der Waals surface area contributed by atoms with E-state index in [0.717, 1.165) is 0 Å². The summed E-state index contributed by atoms with van der Waals surface area (Å²) in [6.07, 6.45) is 0. The van der Waals surface area contributed by atoms with Crippen LogP contribution in [0.5, 0.6) is 0 Å². The number of aromatic carboxylic acids is 1. The van der Waals surface area contributed by atoms with Gasteiger partial charge in [0.25, 0.3) is 5.91 Å². The largest absolute Gasteiger partial charge is 0.478 e. The molecule has 21 heavy (non-hydrogen) atoms. The van der Waals surface area contributed by atoms with Gasteiger partial charge in [0, 0.05) is 14.6 Å². The second-order valence-corrected chi connectivity index (χ2v) is 5.85. The van der Waals surface area contributed by atoms with Gasteiger partial charge in [-0.25, -0.2) is 9.18 Å². The van der Waals surface area contributed by atoms with Gasteiger partial charge in [-0.05, 0) is 52.3 Å². The molecule has 108 valence electrons. The van der Waals surface area contributed by atoms with E-state index in [-0.39, 0.29) is 16.8 Å². The lowest BCUT2D eigenvalue weighted by Gasteiger charge is -2.08. The number of nitrogens with one attached hydrogen (secondary N) is 1. The highest BCUT2D eigenvalue weighted by Gasteiger charge is 2.14. The van der Waals surface area contributed by atoms with Crippen molar-refractivity contribution in [2.45, 2.75) is 0 Å². The number of rotatable bonds is 3. The Hall–Kier alpha value is -1.73. The number of anilines is 1. The summed E-state index contributed by atoms with van der Waals surface area (Å²) in [5.74, 6) is -2.45. The van der Waals surface area contributed by atoms with Crippen molar-refractivity contribution in [1.29, 1.82) is 0 Å². The van der Waals surface area contributed by atoms with Crippen molar-refractivity contribution in [3.8, 4) is 0 Å². The predicted octanol–water partition coefficient (Wildman–Crippen LogP) is 4.30. The highest BCUT2D eigenvalue weighted by molar-refractivity contribution is 9.10. The summed E-state index contributed by atoms with van der Waals surface area (Å²) in [4.78, 5) is 23.0. The van der Waals surface area contributed by atoms with Gasteiger partial charge in [-0.1, -0.05) is 15.9 Å². The van der Waals surface area contributed by atoms with E-state index < -0.39 is 17.7 Å². The molecule has 1 amide bonds. The molecule has 0 bridgehead atoms. The Balaban J connectivity index is 2.29. The molecular formula is C14H8Br2FNO3. The second kappa shape index (κ2) is 6.36. The number of carboxylic acids is 1. The molecule has 4 nitrogen and oxygen atoms in total. The fourth-order valence-electron chi connectivity index (χ4n) is 1.64. The lowest BCUT2D eigenvalue weighted by Crippen LogP contribution is -2.14. The van der Waals surface area contributed by atoms with Crippen LogP contribution in [0.15, 0.2) is 45.3 Å². The van der Waals surface area contributed by atoms with Crippen molar-refractivity contribution in [2.75, 3.05) is 5.32 Å². The van der Waals surface area contributed by atoms with Crippen molar-refractivity contribution in [3.63, 3.8) is 0 Å². The average Bonchev–Trinajstić information content (AvgIpc) is 2.43. The van der Waals surface area contributed by atoms with Gasteiger partial charge >= 0.3 is 5.97 Å². The molecule has 0 aliphatic heterocycles. The van der Waals surface area contributed by atoms with Gasteiger partial charge in [0.2, 0.25) is 0 Å². The van der Waals surface area contributed by atoms with Crippen molar-refractivity contribution in [2.24, 2.45) is 0 Å². The number of carboxylic acid groups (broad SMARTS) is 1. The normalized spacial score (nSPS) is 10.2. The van der Waals surface area contributed by atoms with Crippen LogP contribution in [0.3, 0.4) is 0 Å². The molecule has 0 fully saturated rings. The molecule has 2 aromatic carbocycles. The van der Waals surface area contributed by atoms with Crippen LogP contribution in [0.1, 0.15) is 20.7 Å². The van der Waals surface area contributed by atoms with Crippen molar-refractivity contribution in [3.05, 3.63) is 62.3 Å². The third-order valence-corrected chi connectivity index (χ3v) is 3.81. The highest BCUT2D eigenvalue weighted by Crippen LogP contribution is 2.22. The Morgan fingerprint density at radius 2 is 1.76 bits per heavy atom. The number of halogens is 3. The summed E-state index contributed by atoms with van der Waals surface area (Å²) in [5, 5.41) is 11.5. The summed E-state index contributed by atoms with van der Waals surface area (Å²) in [5.41, 5.74) is 0.131. The lowest BCUT2D eigenvalue weighted by atomic mass is 10.1. The van der Waals surface area contributed by atoms with Gasteiger partial charge in [-0.3, -0.25) is 4.79 Å². The maximum Gasteiger partial charge on any atom is 0.336 e. The van der Waals surface area contributed by atoms with Crippen LogP contribution in [0.25, 0.3) is 0 Å². The monoisotopic (exact) mass is 415 g/mol. The fourth-order valence-corrected chi connectivity index (χ4v) is 2.41. The molecule has 0 aromatic heterocycles. The molecule has 0 saturated carbocycles. The van der Waals surface area contributed by atoms with E-state index in [1.807, 2.05) is 0 Å². The van der Waals surface area contributed by atoms with Crippen molar-refractivity contribution < 1.29 is 19.1 Å². The molecule has 0 heterocycles. The molecule has 0 aliphatic carbocycles. The fraction of sp³-hybridized carbons (Fsp3) is 0. The van der Waals surface area contributed by atoms with E-state index in [0.29, 0.717) is 8.95 Å². The van der Waals surface area contributed by atoms with Gasteiger partial charge in [0.15, 0.2) is 0 Å². The minimum Gasteiger partial charge on any atom is -0.478 e. The zero-order valence-corrected chi connectivity index (χ0v) is 13.5. The summed E-state index contributed by atoms with van der Waals surface area (Å²) < 4.78 is 14.6. The molecule has 2 rings (SSSR count). The topological polar surface area (TPSA) is 66.4 Å². The van der Waals surface area contributed by atoms with Crippen LogP contribution >= 0.6 is 31.9 Å². The Bertz CT molecular complexity index is 734. The van der Waals surface area contributed by atoms with Crippen LogP contribution in [0, 0.1) is 5.82 Å². The minimum atomic E-state index is -1.13. The molecule has 0 radical (unpaired) electrons. The zero-order chi connectivity index (χ0) is 15.6. The Morgan fingerprint density at radius 3 is 2.43 bits per heavy atom. The summed E-state index contributed by atoms with van der Waals surface area (Å²) in [6, 6.07) is 8.31. The van der Waals surface area contributed by atoms with Gasteiger partial charge < -0.3 is 10.4 Å². The van der Waals surface area contributed by atoms with E-state index in [1.54, 1.807) is 0 Å². The molecule has 2 N–H and O–H groups in total. The number of hydrogen-bond acceptors (Lipinski definition) is 2. The number of hydrogen-bond donors (Lipinski definition) is 2. The van der Waals surface area contributed by atoms with Gasteiger partial charge in [-0.2, -0.15) is 0 Å².